The van der Waals surface area contributed by atoms with Crippen LogP contribution < -0.4 is 11.1 Å². The summed E-state index contributed by atoms with van der Waals surface area (Å²) in [6.07, 6.45) is 0.750. The van der Waals surface area contributed by atoms with Crippen LogP contribution in [0, 0.1) is 0 Å². The van der Waals surface area contributed by atoms with Crippen LogP contribution in [0.5, 0.6) is 0 Å². The highest BCUT2D eigenvalue weighted by Crippen LogP contribution is 2.25. The van der Waals surface area contributed by atoms with E-state index in [1.165, 1.54) is 9.47 Å². The number of hydrogen-bond acceptors (Lipinski definition) is 4. The maximum absolute atomic E-state index is 12.7. The van der Waals surface area contributed by atoms with Crippen molar-refractivity contribution in [1.29, 1.82) is 0 Å². The number of benzene rings is 2. The first-order valence-electron chi connectivity index (χ1n) is 9.50. The van der Waals surface area contributed by atoms with Crippen LogP contribution in [-0.2, 0) is 16.1 Å². The first kappa shape index (κ1) is 21.9. The maximum atomic E-state index is 12.7. The molecule has 0 bridgehead atoms. The molecule has 0 radical (unpaired) electrons. The molecule has 2 aromatic carbocycles. The number of aromatic nitrogens is 1. The Morgan fingerprint density at radius 2 is 1.93 bits per heavy atom. The zero-order valence-electron chi connectivity index (χ0n) is 16.4. The third-order valence-corrected chi connectivity index (χ3v) is 5.07. The summed E-state index contributed by atoms with van der Waals surface area (Å²) in [5.74, 6) is -1.13. The Labute approximate surface area is 183 Å². The molecule has 1 N–H and O–H groups in total. The molecule has 1 heterocycles. The predicted octanol–water partition coefficient (Wildman–Crippen LogP) is 4.17. The van der Waals surface area contributed by atoms with Gasteiger partial charge in [-0.2, -0.15) is 0 Å². The van der Waals surface area contributed by atoms with E-state index in [4.69, 9.17) is 27.6 Å². The lowest BCUT2D eigenvalue weighted by atomic mass is 10.3. The molecule has 0 fully saturated rings. The molecule has 0 saturated carbocycles. The van der Waals surface area contributed by atoms with E-state index in [1.807, 2.05) is 6.92 Å². The average Bonchev–Trinajstić information content (AvgIpc) is 3.03. The van der Waals surface area contributed by atoms with E-state index in [2.05, 4.69) is 5.32 Å². The van der Waals surface area contributed by atoms with E-state index in [0.717, 1.165) is 0 Å². The van der Waals surface area contributed by atoms with Crippen molar-refractivity contribution in [1.82, 2.24) is 9.47 Å². The average molecular weight is 450 g/mol. The smallest absolute Gasteiger partial charge is 0.408 e. The molecule has 7 nitrogen and oxygen atoms in total. The van der Waals surface area contributed by atoms with Crippen molar-refractivity contribution in [2.75, 3.05) is 18.4 Å². The number of anilines is 1. The van der Waals surface area contributed by atoms with Gasteiger partial charge in [-0.1, -0.05) is 42.3 Å². The number of aryl methyl sites for hydroxylation is 1. The highest BCUT2D eigenvalue weighted by atomic mass is 35.5. The third kappa shape index (κ3) is 5.23. The Hall–Kier alpha value is -2.77. The van der Waals surface area contributed by atoms with Gasteiger partial charge in [0.2, 0.25) is 11.8 Å². The van der Waals surface area contributed by atoms with Gasteiger partial charge in [0.25, 0.3) is 0 Å². The Balaban J connectivity index is 1.65. The SMILES string of the molecule is CCCN(CC(=O)Nc1cc(Cl)ccc1Cl)C(=O)CCn1c(=O)oc2ccccc21. The number of fused-ring (bicyclic) bond motifs is 1. The molecule has 30 heavy (non-hydrogen) atoms. The van der Waals surface area contributed by atoms with Gasteiger partial charge in [0.05, 0.1) is 22.8 Å². The van der Waals surface area contributed by atoms with Gasteiger partial charge in [0.1, 0.15) is 0 Å². The summed E-state index contributed by atoms with van der Waals surface area (Å²) in [6.45, 7) is 2.36. The maximum Gasteiger partial charge on any atom is 0.419 e. The van der Waals surface area contributed by atoms with Crippen molar-refractivity contribution < 1.29 is 14.0 Å². The number of oxazole rings is 1. The van der Waals surface area contributed by atoms with Gasteiger partial charge in [-0.3, -0.25) is 14.2 Å². The van der Waals surface area contributed by atoms with Crippen molar-refractivity contribution in [2.24, 2.45) is 0 Å². The van der Waals surface area contributed by atoms with Crippen molar-refractivity contribution in [3.63, 3.8) is 0 Å². The molecular weight excluding hydrogens is 429 g/mol. The van der Waals surface area contributed by atoms with Crippen LogP contribution in [-0.4, -0.2) is 34.4 Å². The van der Waals surface area contributed by atoms with Crippen LogP contribution in [0.25, 0.3) is 11.1 Å². The fourth-order valence-electron chi connectivity index (χ4n) is 3.11. The van der Waals surface area contributed by atoms with Gasteiger partial charge in [0.15, 0.2) is 5.58 Å². The fraction of sp³-hybridized carbons (Fsp3) is 0.286. The molecule has 1 aromatic heterocycles. The van der Waals surface area contributed by atoms with Gasteiger partial charge in [0, 0.05) is 24.5 Å². The summed E-state index contributed by atoms with van der Waals surface area (Å²) in [7, 11) is 0. The number of carbonyl (C=O) groups is 2. The topological polar surface area (TPSA) is 84.5 Å². The second kappa shape index (κ2) is 9.82. The monoisotopic (exact) mass is 449 g/mol. The van der Waals surface area contributed by atoms with Crippen LogP contribution in [0.2, 0.25) is 10.0 Å². The van der Waals surface area contributed by atoms with Crippen molar-refractivity contribution in [3.8, 4) is 0 Å². The molecule has 0 atom stereocenters. The standard InChI is InChI=1S/C21H21Cl2N3O4/c1-2-10-25(13-19(27)24-16-12-14(22)7-8-15(16)23)20(28)9-11-26-17-5-3-4-6-18(17)30-21(26)29/h3-8,12H,2,9-11,13H2,1H3,(H,24,27). The number of halogens is 2. The van der Waals surface area contributed by atoms with Crippen molar-refractivity contribution >= 4 is 51.8 Å². The van der Waals surface area contributed by atoms with Gasteiger partial charge >= 0.3 is 5.76 Å². The quantitative estimate of drug-likeness (QED) is 0.559. The second-order valence-electron chi connectivity index (χ2n) is 6.72. The number of para-hydroxylation sites is 2. The largest absolute Gasteiger partial charge is 0.419 e. The molecule has 3 rings (SSSR count). The van der Waals surface area contributed by atoms with Crippen molar-refractivity contribution in [3.05, 3.63) is 63.1 Å². The highest BCUT2D eigenvalue weighted by molar-refractivity contribution is 6.35. The van der Waals surface area contributed by atoms with E-state index in [1.54, 1.807) is 42.5 Å². The first-order chi connectivity index (χ1) is 14.4. The molecule has 3 aromatic rings. The summed E-state index contributed by atoms with van der Waals surface area (Å²) < 4.78 is 6.61. The Morgan fingerprint density at radius 3 is 2.70 bits per heavy atom. The summed E-state index contributed by atoms with van der Waals surface area (Å²) in [5.41, 5.74) is 1.48. The Kier molecular flexibility index (Phi) is 7.18. The minimum atomic E-state index is -0.514. The molecule has 0 aliphatic carbocycles. The summed E-state index contributed by atoms with van der Waals surface area (Å²) in [4.78, 5) is 38.7. The lowest BCUT2D eigenvalue weighted by molar-refractivity contribution is -0.134. The van der Waals surface area contributed by atoms with Crippen LogP contribution in [0.1, 0.15) is 19.8 Å². The normalized spacial score (nSPS) is 10.9. The van der Waals surface area contributed by atoms with Gasteiger partial charge in [-0.25, -0.2) is 4.79 Å². The molecule has 9 heteroatoms. The number of amides is 2. The summed E-state index contributed by atoms with van der Waals surface area (Å²) >= 11 is 12.0. The van der Waals surface area contributed by atoms with Crippen molar-refractivity contribution in [2.45, 2.75) is 26.3 Å². The van der Waals surface area contributed by atoms with Gasteiger partial charge in [-0.15, -0.1) is 0 Å². The molecule has 158 valence electrons. The van der Waals surface area contributed by atoms with E-state index in [-0.39, 0.29) is 31.3 Å². The Morgan fingerprint density at radius 1 is 1.17 bits per heavy atom. The van der Waals surface area contributed by atoms with Crippen LogP contribution in [0.4, 0.5) is 5.69 Å². The molecule has 0 aliphatic rings. The van der Waals surface area contributed by atoms with Crippen LogP contribution in [0.3, 0.4) is 0 Å². The summed E-state index contributed by atoms with van der Waals surface area (Å²) in [6, 6.07) is 11.8. The summed E-state index contributed by atoms with van der Waals surface area (Å²) in [5, 5.41) is 3.47. The van der Waals surface area contributed by atoms with E-state index >= 15 is 0 Å². The highest BCUT2D eigenvalue weighted by Gasteiger charge is 2.18. The molecule has 0 aliphatic heterocycles. The zero-order chi connectivity index (χ0) is 21.7. The van der Waals surface area contributed by atoms with E-state index in [9.17, 15) is 14.4 Å². The second-order valence-corrected chi connectivity index (χ2v) is 7.57. The molecule has 2 amide bonds. The first-order valence-corrected chi connectivity index (χ1v) is 10.3. The van der Waals surface area contributed by atoms with E-state index < -0.39 is 5.76 Å². The minimum absolute atomic E-state index is 0.0641. The molecule has 0 saturated heterocycles. The number of hydrogen-bond donors (Lipinski definition) is 1. The fourth-order valence-corrected chi connectivity index (χ4v) is 3.45. The lowest BCUT2D eigenvalue weighted by Crippen LogP contribution is -2.39. The number of nitrogens with one attached hydrogen (secondary N) is 1. The molecule has 0 spiro atoms. The number of rotatable bonds is 8. The molecule has 0 unspecified atom stereocenters. The number of nitrogens with zero attached hydrogens (tertiary/aromatic N) is 2. The Bertz CT molecular complexity index is 1120. The third-order valence-electron chi connectivity index (χ3n) is 4.51. The molecular formula is C21H21Cl2N3O4. The lowest BCUT2D eigenvalue weighted by Gasteiger charge is -2.22. The van der Waals surface area contributed by atoms with E-state index in [0.29, 0.717) is 39.8 Å². The zero-order valence-corrected chi connectivity index (χ0v) is 17.9. The predicted molar refractivity (Wildman–Crippen MR) is 117 cm³/mol. The van der Waals surface area contributed by atoms with Crippen LogP contribution in [0.15, 0.2) is 51.7 Å². The minimum Gasteiger partial charge on any atom is -0.408 e. The van der Waals surface area contributed by atoms with Gasteiger partial charge < -0.3 is 14.6 Å². The van der Waals surface area contributed by atoms with Crippen LogP contribution >= 0.6 is 23.2 Å². The van der Waals surface area contributed by atoms with Gasteiger partial charge in [-0.05, 0) is 36.8 Å². The number of carbonyl (C=O) groups excluding carboxylic acids is 2.